The second-order valence-corrected chi connectivity index (χ2v) is 1.55. The van der Waals surface area contributed by atoms with Gasteiger partial charge in [0.1, 0.15) is 0 Å². The van der Waals surface area contributed by atoms with E-state index in [1.807, 2.05) is 0 Å². The lowest BCUT2D eigenvalue weighted by Gasteiger charge is -2.08. The third-order valence-corrected chi connectivity index (χ3v) is 0.988. The third kappa shape index (κ3) is 2.96. The molecule has 2 N–H and O–H groups in total. The van der Waals surface area contributed by atoms with E-state index in [1.54, 1.807) is 0 Å². The van der Waals surface area contributed by atoms with Gasteiger partial charge in [0.05, 0.1) is 12.7 Å². The fraction of sp³-hybridized carbons (Fsp3) is 1.00. The average Bonchev–Trinajstić information content (AvgIpc) is 1.83. The van der Waals surface area contributed by atoms with E-state index in [-0.39, 0.29) is 19.3 Å². The van der Waals surface area contributed by atoms with Gasteiger partial charge in [-0.15, -0.1) is 0 Å². The van der Waals surface area contributed by atoms with Crippen LogP contribution < -0.4 is 0 Å². The maximum Gasteiger partial charge on any atom is 0.0823 e. The van der Waals surface area contributed by atoms with Gasteiger partial charge in [-0.2, -0.15) is 0 Å². The normalized spacial score (nSPS) is 13.9. The SMILES string of the molecule is CO[C@@H](CO)CCO. The molecule has 0 unspecified atom stereocenters. The second-order valence-electron chi connectivity index (χ2n) is 1.55. The summed E-state index contributed by atoms with van der Waals surface area (Å²) in [5.41, 5.74) is 0. The summed E-state index contributed by atoms with van der Waals surface area (Å²) in [5.74, 6) is 0. The van der Waals surface area contributed by atoms with Gasteiger partial charge >= 0.3 is 0 Å². The molecule has 3 heteroatoms. The molecule has 0 heterocycles. The highest BCUT2D eigenvalue weighted by atomic mass is 16.5. The standard InChI is InChI=1S/C5H12O3/c1-8-5(4-7)2-3-6/h5-7H,2-4H2,1H3/t5-/m1/s1. The van der Waals surface area contributed by atoms with Crippen molar-refractivity contribution in [2.75, 3.05) is 20.3 Å². The van der Waals surface area contributed by atoms with Gasteiger partial charge in [0, 0.05) is 13.7 Å². The minimum absolute atomic E-state index is 0.0168. The van der Waals surface area contributed by atoms with E-state index in [4.69, 9.17) is 14.9 Å². The zero-order chi connectivity index (χ0) is 6.41. The van der Waals surface area contributed by atoms with Crippen LogP contribution in [0.5, 0.6) is 0 Å². The van der Waals surface area contributed by atoms with E-state index in [1.165, 1.54) is 7.11 Å². The summed E-state index contributed by atoms with van der Waals surface area (Å²) in [5, 5.41) is 16.7. The molecular formula is C5H12O3. The molecule has 0 fully saturated rings. The van der Waals surface area contributed by atoms with Crippen molar-refractivity contribution in [1.82, 2.24) is 0 Å². The van der Waals surface area contributed by atoms with Crippen LogP contribution in [0.3, 0.4) is 0 Å². The molecule has 0 amide bonds. The number of aliphatic hydroxyl groups is 2. The lowest BCUT2D eigenvalue weighted by molar-refractivity contribution is 0.0316. The van der Waals surface area contributed by atoms with Gasteiger partial charge in [-0.1, -0.05) is 0 Å². The molecule has 50 valence electrons. The Morgan fingerprint density at radius 2 is 2.12 bits per heavy atom. The third-order valence-electron chi connectivity index (χ3n) is 0.988. The Morgan fingerprint density at radius 1 is 1.50 bits per heavy atom. The van der Waals surface area contributed by atoms with E-state index in [9.17, 15) is 0 Å². The van der Waals surface area contributed by atoms with Crippen LogP contribution in [0, 0.1) is 0 Å². The van der Waals surface area contributed by atoms with Crippen LogP contribution in [0.25, 0.3) is 0 Å². The van der Waals surface area contributed by atoms with Crippen molar-refractivity contribution < 1.29 is 14.9 Å². The molecule has 3 nitrogen and oxygen atoms in total. The summed E-state index contributed by atoms with van der Waals surface area (Å²) in [6, 6.07) is 0. The topological polar surface area (TPSA) is 49.7 Å². The first-order valence-corrected chi connectivity index (χ1v) is 2.59. The van der Waals surface area contributed by atoms with Crippen LogP contribution in [0.4, 0.5) is 0 Å². The Labute approximate surface area is 48.9 Å². The van der Waals surface area contributed by atoms with Crippen molar-refractivity contribution in [1.29, 1.82) is 0 Å². The Kier molecular flexibility index (Phi) is 4.95. The molecule has 0 aromatic carbocycles. The van der Waals surface area contributed by atoms with Gasteiger partial charge in [0.25, 0.3) is 0 Å². The van der Waals surface area contributed by atoms with Crippen LogP contribution in [0.1, 0.15) is 6.42 Å². The van der Waals surface area contributed by atoms with E-state index in [0.29, 0.717) is 6.42 Å². The summed E-state index contributed by atoms with van der Waals surface area (Å²) in [7, 11) is 1.51. The lowest BCUT2D eigenvalue weighted by Crippen LogP contribution is -2.16. The number of methoxy groups -OCH3 is 1. The number of rotatable bonds is 4. The van der Waals surface area contributed by atoms with E-state index >= 15 is 0 Å². The summed E-state index contributed by atoms with van der Waals surface area (Å²) < 4.78 is 4.73. The van der Waals surface area contributed by atoms with Crippen LogP contribution in [0.2, 0.25) is 0 Å². The minimum atomic E-state index is -0.194. The van der Waals surface area contributed by atoms with Crippen molar-refractivity contribution in [3.05, 3.63) is 0 Å². The molecule has 8 heavy (non-hydrogen) atoms. The van der Waals surface area contributed by atoms with Gasteiger partial charge in [0.2, 0.25) is 0 Å². The molecule has 0 aromatic rings. The Balaban J connectivity index is 3.07. The van der Waals surface area contributed by atoms with Crippen molar-refractivity contribution >= 4 is 0 Å². The highest BCUT2D eigenvalue weighted by Gasteiger charge is 2.01. The molecule has 0 radical (unpaired) electrons. The first-order chi connectivity index (χ1) is 3.85. The van der Waals surface area contributed by atoms with Gasteiger partial charge in [-0.3, -0.25) is 0 Å². The Bertz CT molecular complexity index is 42.9. The van der Waals surface area contributed by atoms with Crippen LogP contribution >= 0.6 is 0 Å². The number of aliphatic hydroxyl groups excluding tert-OH is 2. The predicted octanol–water partition coefficient (Wildman–Crippen LogP) is -0.624. The van der Waals surface area contributed by atoms with E-state index in [0.717, 1.165) is 0 Å². The van der Waals surface area contributed by atoms with Gasteiger partial charge in [0.15, 0.2) is 0 Å². The first-order valence-electron chi connectivity index (χ1n) is 2.59. The smallest absolute Gasteiger partial charge is 0.0823 e. The highest BCUT2D eigenvalue weighted by molar-refractivity contribution is 4.51. The van der Waals surface area contributed by atoms with E-state index in [2.05, 4.69) is 0 Å². The molecule has 0 rings (SSSR count). The van der Waals surface area contributed by atoms with Gasteiger partial charge < -0.3 is 14.9 Å². The quantitative estimate of drug-likeness (QED) is 0.519. The number of hydrogen-bond donors (Lipinski definition) is 2. The predicted molar refractivity (Wildman–Crippen MR) is 29.6 cm³/mol. The maximum atomic E-state index is 8.42. The zero-order valence-electron chi connectivity index (χ0n) is 5.00. The van der Waals surface area contributed by atoms with Crippen molar-refractivity contribution in [2.45, 2.75) is 12.5 Å². The number of ether oxygens (including phenoxy) is 1. The molecule has 0 bridgehead atoms. The molecule has 0 saturated carbocycles. The van der Waals surface area contributed by atoms with Crippen LogP contribution in [-0.4, -0.2) is 36.6 Å². The summed E-state index contributed by atoms with van der Waals surface area (Å²) in [6.45, 7) is 0.0517. The van der Waals surface area contributed by atoms with Crippen molar-refractivity contribution in [2.24, 2.45) is 0 Å². The summed E-state index contributed by atoms with van der Waals surface area (Å²) >= 11 is 0. The first kappa shape index (κ1) is 7.88. The molecular weight excluding hydrogens is 108 g/mol. The second kappa shape index (κ2) is 5.03. The summed E-state index contributed by atoms with van der Waals surface area (Å²) in [4.78, 5) is 0. The van der Waals surface area contributed by atoms with Gasteiger partial charge in [-0.05, 0) is 6.42 Å². The van der Waals surface area contributed by atoms with Crippen molar-refractivity contribution in [3.8, 4) is 0 Å². The minimum Gasteiger partial charge on any atom is -0.396 e. The maximum absolute atomic E-state index is 8.42. The monoisotopic (exact) mass is 120 g/mol. The van der Waals surface area contributed by atoms with Crippen LogP contribution in [-0.2, 0) is 4.74 Å². The molecule has 0 saturated heterocycles. The zero-order valence-corrected chi connectivity index (χ0v) is 5.00. The molecule has 0 aliphatic heterocycles. The highest BCUT2D eigenvalue weighted by Crippen LogP contribution is 1.92. The van der Waals surface area contributed by atoms with Crippen molar-refractivity contribution in [3.63, 3.8) is 0 Å². The Morgan fingerprint density at radius 3 is 2.25 bits per heavy atom. The largest absolute Gasteiger partial charge is 0.396 e. The number of hydrogen-bond acceptors (Lipinski definition) is 3. The van der Waals surface area contributed by atoms with Crippen LogP contribution in [0.15, 0.2) is 0 Å². The fourth-order valence-electron chi connectivity index (χ4n) is 0.428. The van der Waals surface area contributed by atoms with Gasteiger partial charge in [-0.25, -0.2) is 0 Å². The van der Waals surface area contributed by atoms with E-state index < -0.39 is 0 Å². The molecule has 0 aromatic heterocycles. The Hall–Kier alpha value is -0.120. The summed E-state index contributed by atoms with van der Waals surface area (Å²) in [6.07, 6.45) is 0.312. The molecule has 1 atom stereocenters. The molecule has 0 aliphatic carbocycles. The average molecular weight is 120 g/mol. The lowest BCUT2D eigenvalue weighted by atomic mass is 10.3. The molecule has 0 spiro atoms. The molecule has 0 aliphatic rings. The fourth-order valence-corrected chi connectivity index (χ4v) is 0.428.